The van der Waals surface area contributed by atoms with E-state index >= 15 is 0 Å². The number of rotatable bonds is 3. The van der Waals surface area contributed by atoms with Crippen molar-refractivity contribution in [3.63, 3.8) is 0 Å². The predicted octanol–water partition coefficient (Wildman–Crippen LogP) is 4.76. The summed E-state index contributed by atoms with van der Waals surface area (Å²) in [5, 5.41) is 13.3. The number of pyridine rings is 1. The maximum atomic E-state index is 9.58. The van der Waals surface area contributed by atoms with Crippen molar-refractivity contribution in [3.05, 3.63) is 48.2 Å². The largest absolute Gasteiger partial charge is 0.508 e. The Kier molecular flexibility index (Phi) is 3.89. The fraction of sp³-hybridized carbons (Fsp3) is 0.350. The van der Waals surface area contributed by atoms with Crippen molar-refractivity contribution in [3.8, 4) is 17.0 Å². The van der Waals surface area contributed by atoms with Gasteiger partial charge in [0.1, 0.15) is 22.9 Å². The van der Waals surface area contributed by atoms with Crippen LogP contribution in [0.15, 0.2) is 42.5 Å². The topological polar surface area (TPSA) is 49.6 Å². The molecule has 1 aliphatic rings. The van der Waals surface area contributed by atoms with Gasteiger partial charge in [0.15, 0.2) is 0 Å². The van der Waals surface area contributed by atoms with Crippen LogP contribution in [0.2, 0.25) is 0 Å². The number of fused-ring (bicyclic) bond motifs is 1. The number of hydrogen-bond donors (Lipinski definition) is 2. The highest BCUT2D eigenvalue weighted by Gasteiger charge is 2.20. The molecule has 1 aromatic carbocycles. The van der Waals surface area contributed by atoms with Gasteiger partial charge in [0.25, 0.3) is 0 Å². The molecule has 4 nitrogen and oxygen atoms in total. The molecule has 0 amide bonds. The number of aromatic hydroxyl groups is 1. The van der Waals surface area contributed by atoms with Crippen molar-refractivity contribution in [1.82, 2.24) is 9.38 Å². The van der Waals surface area contributed by atoms with Crippen LogP contribution in [-0.4, -0.2) is 20.5 Å². The second kappa shape index (κ2) is 6.19. The Balaban J connectivity index is 1.83. The summed E-state index contributed by atoms with van der Waals surface area (Å²) in [6.45, 7) is 2.11. The zero-order valence-corrected chi connectivity index (χ0v) is 14.0. The first-order valence-corrected chi connectivity index (χ1v) is 8.76. The van der Waals surface area contributed by atoms with E-state index in [-0.39, 0.29) is 5.75 Å². The molecule has 24 heavy (non-hydrogen) atoms. The van der Waals surface area contributed by atoms with E-state index in [1.54, 1.807) is 12.1 Å². The molecular weight excluding hydrogens is 298 g/mol. The maximum absolute atomic E-state index is 9.58. The van der Waals surface area contributed by atoms with Crippen LogP contribution >= 0.6 is 0 Å². The first-order chi connectivity index (χ1) is 11.7. The highest BCUT2D eigenvalue weighted by Crippen LogP contribution is 2.33. The van der Waals surface area contributed by atoms with E-state index in [0.29, 0.717) is 6.04 Å². The van der Waals surface area contributed by atoms with E-state index in [4.69, 9.17) is 4.98 Å². The van der Waals surface area contributed by atoms with Crippen LogP contribution in [0.25, 0.3) is 16.9 Å². The van der Waals surface area contributed by atoms with Crippen molar-refractivity contribution in [2.45, 2.75) is 45.1 Å². The lowest BCUT2D eigenvalue weighted by Crippen LogP contribution is -2.23. The zero-order chi connectivity index (χ0) is 16.5. The Morgan fingerprint density at radius 2 is 1.79 bits per heavy atom. The minimum atomic E-state index is 0.278. The lowest BCUT2D eigenvalue weighted by atomic mass is 9.95. The van der Waals surface area contributed by atoms with Gasteiger partial charge < -0.3 is 10.4 Å². The van der Waals surface area contributed by atoms with Gasteiger partial charge >= 0.3 is 0 Å². The molecule has 0 radical (unpaired) electrons. The molecule has 0 saturated heterocycles. The second-order valence-electron chi connectivity index (χ2n) is 6.70. The molecule has 2 N–H and O–H groups in total. The van der Waals surface area contributed by atoms with Gasteiger partial charge in [-0.25, -0.2) is 4.98 Å². The number of imidazole rings is 1. The van der Waals surface area contributed by atoms with Crippen LogP contribution in [0.1, 0.15) is 37.8 Å². The summed E-state index contributed by atoms with van der Waals surface area (Å²) < 4.78 is 2.21. The molecule has 2 aromatic heterocycles. The Bertz CT molecular complexity index is 845. The van der Waals surface area contributed by atoms with Crippen LogP contribution < -0.4 is 5.32 Å². The first-order valence-electron chi connectivity index (χ1n) is 8.76. The monoisotopic (exact) mass is 321 g/mol. The number of phenolic OH excluding ortho intramolecular Hbond substituents is 1. The van der Waals surface area contributed by atoms with E-state index < -0.39 is 0 Å². The molecule has 124 valence electrons. The quantitative estimate of drug-likeness (QED) is 0.731. The summed E-state index contributed by atoms with van der Waals surface area (Å²) in [6.07, 6.45) is 6.36. The lowest BCUT2D eigenvalue weighted by Gasteiger charge is -2.24. The molecule has 1 fully saturated rings. The third kappa shape index (κ3) is 2.73. The van der Waals surface area contributed by atoms with E-state index in [0.717, 1.165) is 22.7 Å². The fourth-order valence-electron chi connectivity index (χ4n) is 3.65. The lowest BCUT2D eigenvalue weighted by molar-refractivity contribution is 0.461. The van der Waals surface area contributed by atoms with Gasteiger partial charge in [0.05, 0.1) is 0 Å². The standard InChI is InChI=1S/C20H23N3O/c1-14-6-5-9-18-22-19(15-10-12-17(24)13-11-15)20(23(14)18)21-16-7-3-2-4-8-16/h5-6,9-13,16,21,24H,2-4,7-8H2,1H3. The molecule has 0 atom stereocenters. The van der Waals surface area contributed by atoms with Gasteiger partial charge in [-0.2, -0.15) is 0 Å². The Labute approximate surface area is 142 Å². The van der Waals surface area contributed by atoms with Crippen molar-refractivity contribution < 1.29 is 5.11 Å². The van der Waals surface area contributed by atoms with E-state index in [2.05, 4.69) is 22.7 Å². The molecule has 0 bridgehead atoms. The number of hydrogen-bond acceptors (Lipinski definition) is 3. The number of nitrogens with one attached hydrogen (secondary N) is 1. The number of nitrogens with zero attached hydrogens (tertiary/aromatic N) is 2. The molecule has 2 heterocycles. The maximum Gasteiger partial charge on any atom is 0.139 e. The van der Waals surface area contributed by atoms with Crippen LogP contribution in [0.3, 0.4) is 0 Å². The summed E-state index contributed by atoms with van der Waals surface area (Å²) in [4.78, 5) is 4.86. The Morgan fingerprint density at radius 3 is 2.54 bits per heavy atom. The molecule has 4 heteroatoms. The third-order valence-electron chi connectivity index (χ3n) is 4.93. The average molecular weight is 321 g/mol. The van der Waals surface area contributed by atoms with Gasteiger partial charge in [0.2, 0.25) is 0 Å². The molecular formula is C20H23N3O. The fourth-order valence-corrected chi connectivity index (χ4v) is 3.65. The van der Waals surface area contributed by atoms with Gasteiger partial charge in [-0.05, 0) is 56.2 Å². The Morgan fingerprint density at radius 1 is 1.04 bits per heavy atom. The van der Waals surface area contributed by atoms with Crippen LogP contribution in [0, 0.1) is 6.92 Å². The SMILES string of the molecule is Cc1cccc2nc(-c3ccc(O)cc3)c(NC3CCCCC3)n12. The third-order valence-corrected chi connectivity index (χ3v) is 4.93. The van der Waals surface area contributed by atoms with Crippen LogP contribution in [-0.2, 0) is 0 Å². The van der Waals surface area contributed by atoms with Crippen molar-refractivity contribution >= 4 is 11.5 Å². The van der Waals surface area contributed by atoms with Crippen molar-refractivity contribution in [2.75, 3.05) is 5.32 Å². The van der Waals surface area contributed by atoms with Crippen LogP contribution in [0.4, 0.5) is 5.82 Å². The molecule has 0 unspecified atom stereocenters. The number of anilines is 1. The summed E-state index contributed by atoms with van der Waals surface area (Å²) >= 11 is 0. The minimum absolute atomic E-state index is 0.278. The average Bonchev–Trinajstić information content (AvgIpc) is 2.96. The molecule has 4 rings (SSSR count). The Hall–Kier alpha value is -2.49. The predicted molar refractivity (Wildman–Crippen MR) is 97.5 cm³/mol. The van der Waals surface area contributed by atoms with Gasteiger partial charge in [-0.3, -0.25) is 4.40 Å². The number of aromatic nitrogens is 2. The molecule has 0 aliphatic heterocycles. The van der Waals surface area contributed by atoms with Crippen molar-refractivity contribution in [1.29, 1.82) is 0 Å². The number of benzene rings is 1. The van der Waals surface area contributed by atoms with E-state index in [1.807, 2.05) is 24.3 Å². The summed E-state index contributed by atoms with van der Waals surface area (Å²) in [6, 6.07) is 14.0. The summed E-state index contributed by atoms with van der Waals surface area (Å²) in [5.41, 5.74) is 4.10. The zero-order valence-electron chi connectivity index (χ0n) is 14.0. The molecule has 1 aliphatic carbocycles. The summed E-state index contributed by atoms with van der Waals surface area (Å²) in [5.74, 6) is 1.35. The van der Waals surface area contributed by atoms with Gasteiger partial charge in [0, 0.05) is 17.3 Å². The smallest absolute Gasteiger partial charge is 0.139 e. The summed E-state index contributed by atoms with van der Waals surface area (Å²) in [7, 11) is 0. The van der Waals surface area contributed by atoms with E-state index in [9.17, 15) is 5.11 Å². The normalized spacial score (nSPS) is 15.7. The highest BCUT2D eigenvalue weighted by atomic mass is 16.3. The minimum Gasteiger partial charge on any atom is -0.508 e. The van der Waals surface area contributed by atoms with Crippen molar-refractivity contribution in [2.24, 2.45) is 0 Å². The van der Waals surface area contributed by atoms with Crippen LogP contribution in [0.5, 0.6) is 5.75 Å². The number of phenols is 1. The number of aryl methyl sites for hydroxylation is 1. The molecule has 0 spiro atoms. The molecule has 1 saturated carbocycles. The second-order valence-corrected chi connectivity index (χ2v) is 6.70. The van der Waals surface area contributed by atoms with E-state index in [1.165, 1.54) is 37.8 Å². The first kappa shape index (κ1) is 15.1. The van der Waals surface area contributed by atoms with Gasteiger partial charge in [-0.1, -0.05) is 25.3 Å². The van der Waals surface area contributed by atoms with Gasteiger partial charge in [-0.15, -0.1) is 0 Å². The molecule has 3 aromatic rings. The highest BCUT2D eigenvalue weighted by molar-refractivity contribution is 5.77.